The first-order valence-electron chi connectivity index (χ1n) is 6.81. The second-order valence-electron chi connectivity index (χ2n) is 4.76. The lowest BCUT2D eigenvalue weighted by molar-refractivity contribution is -0.144. The zero-order valence-corrected chi connectivity index (χ0v) is 12.3. The standard InChI is InChI=1S/C13H22N4O3/c1-4-19-12(18)11(10-14)15-20-13(16(2)3)17-8-6-5-7-9-17/h13H,4-9H2,1-3H3/b15-11+. The Morgan fingerprint density at radius 1 is 1.40 bits per heavy atom. The summed E-state index contributed by atoms with van der Waals surface area (Å²) in [5, 5.41) is 12.6. The van der Waals surface area contributed by atoms with E-state index in [2.05, 4.69) is 10.1 Å². The summed E-state index contributed by atoms with van der Waals surface area (Å²) < 4.78 is 4.73. The summed E-state index contributed by atoms with van der Waals surface area (Å²) in [4.78, 5) is 20.8. The maximum atomic E-state index is 11.5. The SMILES string of the molecule is CCOC(=O)/C(C#N)=N/OC(N(C)C)N1CCCCC1. The number of nitrogens with zero attached hydrogens (tertiary/aromatic N) is 4. The summed E-state index contributed by atoms with van der Waals surface area (Å²) in [6, 6.07) is 1.70. The van der Waals surface area contributed by atoms with Crippen molar-refractivity contribution in [3.8, 4) is 6.07 Å². The van der Waals surface area contributed by atoms with E-state index in [1.54, 1.807) is 13.0 Å². The van der Waals surface area contributed by atoms with Crippen LogP contribution in [0.3, 0.4) is 0 Å². The number of carbonyl (C=O) groups is 1. The van der Waals surface area contributed by atoms with E-state index in [1.165, 1.54) is 6.42 Å². The molecule has 1 fully saturated rings. The van der Waals surface area contributed by atoms with E-state index in [1.807, 2.05) is 19.0 Å². The van der Waals surface area contributed by atoms with Gasteiger partial charge in [-0.25, -0.2) is 4.79 Å². The number of oxime groups is 1. The predicted molar refractivity (Wildman–Crippen MR) is 73.7 cm³/mol. The van der Waals surface area contributed by atoms with Crippen molar-refractivity contribution < 1.29 is 14.4 Å². The van der Waals surface area contributed by atoms with Gasteiger partial charge in [-0.15, -0.1) is 0 Å². The van der Waals surface area contributed by atoms with E-state index in [9.17, 15) is 4.79 Å². The number of hydrogen-bond acceptors (Lipinski definition) is 7. The Bertz CT molecular complexity index is 384. The molecule has 1 aliphatic rings. The quantitative estimate of drug-likeness (QED) is 0.310. The van der Waals surface area contributed by atoms with Gasteiger partial charge in [0.15, 0.2) is 0 Å². The van der Waals surface area contributed by atoms with E-state index >= 15 is 0 Å². The van der Waals surface area contributed by atoms with Gasteiger partial charge in [0.1, 0.15) is 6.07 Å². The minimum atomic E-state index is -0.758. The topological polar surface area (TPSA) is 78.2 Å². The number of likely N-dealkylation sites (tertiary alicyclic amines) is 1. The molecule has 7 nitrogen and oxygen atoms in total. The smallest absolute Gasteiger partial charge is 0.371 e. The number of nitriles is 1. The van der Waals surface area contributed by atoms with E-state index < -0.39 is 5.97 Å². The molecule has 1 saturated heterocycles. The molecule has 0 saturated carbocycles. The molecule has 0 bridgehead atoms. The molecule has 1 atom stereocenters. The highest BCUT2D eigenvalue weighted by Crippen LogP contribution is 2.14. The second-order valence-corrected chi connectivity index (χ2v) is 4.76. The molecule has 1 heterocycles. The van der Waals surface area contributed by atoms with Gasteiger partial charge in [0.25, 0.3) is 5.71 Å². The Hall–Kier alpha value is -1.65. The third-order valence-electron chi connectivity index (χ3n) is 2.96. The first kappa shape index (κ1) is 16.4. The van der Waals surface area contributed by atoms with Crippen LogP contribution in [0.5, 0.6) is 0 Å². The molecule has 0 aliphatic carbocycles. The molecule has 0 N–H and O–H groups in total. The van der Waals surface area contributed by atoms with Gasteiger partial charge in [-0.1, -0.05) is 11.6 Å². The summed E-state index contributed by atoms with van der Waals surface area (Å²) in [6.45, 7) is 3.70. The van der Waals surface area contributed by atoms with Gasteiger partial charge in [0.05, 0.1) is 6.61 Å². The van der Waals surface area contributed by atoms with Gasteiger partial charge in [0, 0.05) is 13.1 Å². The van der Waals surface area contributed by atoms with Crippen LogP contribution in [0.4, 0.5) is 0 Å². The summed E-state index contributed by atoms with van der Waals surface area (Å²) in [5.41, 5.74) is -0.365. The van der Waals surface area contributed by atoms with Crippen molar-refractivity contribution in [2.45, 2.75) is 32.5 Å². The highest BCUT2D eigenvalue weighted by atomic mass is 16.7. The Morgan fingerprint density at radius 3 is 2.55 bits per heavy atom. The molecule has 1 aliphatic heterocycles. The predicted octanol–water partition coefficient (Wildman–Crippen LogP) is 0.777. The van der Waals surface area contributed by atoms with Gasteiger partial charge >= 0.3 is 5.97 Å². The van der Waals surface area contributed by atoms with Crippen LogP contribution in [0.25, 0.3) is 0 Å². The number of rotatable bonds is 6. The second kappa shape index (κ2) is 8.51. The fourth-order valence-electron chi connectivity index (χ4n) is 2.03. The summed E-state index contributed by atoms with van der Waals surface area (Å²) in [6.07, 6.45) is 3.06. The average molecular weight is 282 g/mol. The first-order chi connectivity index (χ1) is 9.60. The van der Waals surface area contributed by atoms with Crippen LogP contribution in [0.15, 0.2) is 5.16 Å². The van der Waals surface area contributed by atoms with Crippen molar-refractivity contribution in [1.82, 2.24) is 9.80 Å². The van der Waals surface area contributed by atoms with Crippen LogP contribution in [0.1, 0.15) is 26.2 Å². The van der Waals surface area contributed by atoms with Crippen LogP contribution in [0.2, 0.25) is 0 Å². The number of piperidine rings is 1. The number of carbonyl (C=O) groups excluding carboxylic acids is 1. The Balaban J connectivity index is 2.69. The maximum Gasteiger partial charge on any atom is 0.371 e. The number of ether oxygens (including phenoxy) is 1. The lowest BCUT2D eigenvalue weighted by Crippen LogP contribution is -2.48. The largest absolute Gasteiger partial charge is 0.461 e. The third kappa shape index (κ3) is 4.79. The highest BCUT2D eigenvalue weighted by molar-refractivity contribution is 6.42. The van der Waals surface area contributed by atoms with E-state index in [-0.39, 0.29) is 18.7 Å². The van der Waals surface area contributed by atoms with Gasteiger partial charge in [-0.3, -0.25) is 9.80 Å². The van der Waals surface area contributed by atoms with Gasteiger partial charge in [0.2, 0.25) is 6.35 Å². The van der Waals surface area contributed by atoms with Crippen LogP contribution in [0, 0.1) is 11.3 Å². The third-order valence-corrected chi connectivity index (χ3v) is 2.96. The zero-order valence-electron chi connectivity index (χ0n) is 12.3. The first-order valence-corrected chi connectivity index (χ1v) is 6.81. The van der Waals surface area contributed by atoms with Crippen LogP contribution in [-0.4, -0.2) is 61.6 Å². The van der Waals surface area contributed by atoms with Gasteiger partial charge in [-0.2, -0.15) is 5.26 Å². The minimum Gasteiger partial charge on any atom is -0.461 e. The van der Waals surface area contributed by atoms with E-state index in [0.29, 0.717) is 0 Å². The summed E-state index contributed by atoms with van der Waals surface area (Å²) in [5.74, 6) is -0.758. The summed E-state index contributed by atoms with van der Waals surface area (Å²) >= 11 is 0. The van der Waals surface area contributed by atoms with Crippen molar-refractivity contribution in [2.75, 3.05) is 33.8 Å². The Kier molecular flexibility index (Phi) is 6.98. The van der Waals surface area contributed by atoms with Crippen LogP contribution >= 0.6 is 0 Å². The molecule has 0 amide bonds. The van der Waals surface area contributed by atoms with Crippen molar-refractivity contribution in [2.24, 2.45) is 5.16 Å². The fraction of sp³-hybridized carbons (Fsp3) is 0.769. The molecule has 7 heteroatoms. The monoisotopic (exact) mass is 282 g/mol. The molecule has 0 spiro atoms. The van der Waals surface area contributed by atoms with Crippen molar-refractivity contribution in [1.29, 1.82) is 5.26 Å². The van der Waals surface area contributed by atoms with E-state index in [4.69, 9.17) is 14.8 Å². The Morgan fingerprint density at radius 2 is 2.05 bits per heavy atom. The van der Waals surface area contributed by atoms with Crippen molar-refractivity contribution >= 4 is 11.7 Å². The maximum absolute atomic E-state index is 11.5. The molecule has 1 rings (SSSR count). The normalized spacial score (nSPS) is 18.4. The van der Waals surface area contributed by atoms with Crippen LogP contribution in [-0.2, 0) is 14.4 Å². The molecule has 112 valence electrons. The zero-order chi connectivity index (χ0) is 15.0. The molecule has 0 aromatic rings. The Labute approximate surface area is 119 Å². The summed E-state index contributed by atoms with van der Waals surface area (Å²) in [7, 11) is 3.73. The molecular weight excluding hydrogens is 260 g/mol. The number of esters is 1. The fourth-order valence-corrected chi connectivity index (χ4v) is 2.03. The molecule has 1 unspecified atom stereocenters. The highest BCUT2D eigenvalue weighted by Gasteiger charge is 2.25. The lowest BCUT2D eigenvalue weighted by Gasteiger charge is -2.35. The molecule has 20 heavy (non-hydrogen) atoms. The average Bonchev–Trinajstić information content (AvgIpc) is 2.44. The number of hydrogen-bond donors (Lipinski definition) is 0. The minimum absolute atomic E-state index is 0.197. The van der Waals surface area contributed by atoms with E-state index in [0.717, 1.165) is 25.9 Å². The van der Waals surface area contributed by atoms with Crippen molar-refractivity contribution in [3.63, 3.8) is 0 Å². The molecule has 0 aromatic carbocycles. The molecular formula is C13H22N4O3. The van der Waals surface area contributed by atoms with Gasteiger partial charge in [-0.05, 0) is 33.9 Å². The molecule has 0 radical (unpaired) electrons. The molecule has 0 aromatic heterocycles. The van der Waals surface area contributed by atoms with Crippen molar-refractivity contribution in [3.05, 3.63) is 0 Å². The lowest BCUT2D eigenvalue weighted by atomic mass is 10.1. The van der Waals surface area contributed by atoms with Crippen LogP contribution < -0.4 is 0 Å². The van der Waals surface area contributed by atoms with Gasteiger partial charge < -0.3 is 9.57 Å².